The molecule has 0 fully saturated rings. The van der Waals surface area contributed by atoms with E-state index >= 15 is 0 Å². The fourth-order valence-electron chi connectivity index (χ4n) is 0.875. The number of benzene rings is 1. The van der Waals surface area contributed by atoms with Crippen molar-refractivity contribution in [2.24, 2.45) is 0 Å². The summed E-state index contributed by atoms with van der Waals surface area (Å²) in [4.78, 5) is 9.97. The van der Waals surface area contributed by atoms with Gasteiger partial charge in [-0.15, -0.1) is 0 Å². The standard InChI is InChI=1S/C7H7BrN2O3/c1-13-7-3-6(10(11)12)4(8)2-5(7)9/h2-3H,9H2,1H3. The van der Waals surface area contributed by atoms with Gasteiger partial charge in [0.2, 0.25) is 0 Å². The molecule has 1 rings (SSSR count). The maximum absolute atomic E-state index is 10.5. The average molecular weight is 247 g/mol. The number of nitro benzene ring substituents is 1. The molecule has 0 spiro atoms. The van der Waals surface area contributed by atoms with Crippen molar-refractivity contribution in [3.05, 3.63) is 26.7 Å². The van der Waals surface area contributed by atoms with Crippen LogP contribution < -0.4 is 10.5 Å². The Morgan fingerprint density at radius 3 is 2.69 bits per heavy atom. The van der Waals surface area contributed by atoms with Crippen LogP contribution in [-0.4, -0.2) is 12.0 Å². The first-order valence-corrected chi connectivity index (χ1v) is 4.13. The molecule has 0 atom stereocenters. The molecular weight excluding hydrogens is 240 g/mol. The smallest absolute Gasteiger partial charge is 0.287 e. The average Bonchev–Trinajstić information content (AvgIpc) is 2.03. The minimum Gasteiger partial charge on any atom is -0.494 e. The van der Waals surface area contributed by atoms with Gasteiger partial charge in [-0.25, -0.2) is 0 Å². The zero-order chi connectivity index (χ0) is 10.0. The number of nitrogens with zero attached hydrogens (tertiary/aromatic N) is 1. The van der Waals surface area contributed by atoms with Crippen LogP contribution in [0.25, 0.3) is 0 Å². The van der Waals surface area contributed by atoms with E-state index in [1.807, 2.05) is 0 Å². The first-order chi connectivity index (χ1) is 6.06. The molecule has 0 aliphatic rings. The van der Waals surface area contributed by atoms with Gasteiger partial charge in [0.1, 0.15) is 5.75 Å². The number of hydrogen-bond donors (Lipinski definition) is 1. The van der Waals surface area contributed by atoms with E-state index in [-0.39, 0.29) is 5.69 Å². The molecule has 0 aliphatic carbocycles. The van der Waals surface area contributed by atoms with Crippen LogP contribution in [0, 0.1) is 10.1 Å². The highest BCUT2D eigenvalue weighted by atomic mass is 79.9. The van der Waals surface area contributed by atoms with E-state index < -0.39 is 4.92 Å². The molecule has 0 heterocycles. The topological polar surface area (TPSA) is 78.4 Å². The van der Waals surface area contributed by atoms with E-state index in [1.54, 1.807) is 0 Å². The third kappa shape index (κ3) is 1.89. The third-order valence-electron chi connectivity index (χ3n) is 1.50. The number of methoxy groups -OCH3 is 1. The predicted octanol–water partition coefficient (Wildman–Crippen LogP) is 1.95. The lowest BCUT2D eigenvalue weighted by molar-refractivity contribution is -0.385. The number of nitrogens with two attached hydrogens (primary N) is 1. The van der Waals surface area contributed by atoms with Gasteiger partial charge in [-0.05, 0) is 22.0 Å². The summed E-state index contributed by atoms with van der Waals surface area (Å²) in [5, 5.41) is 10.5. The summed E-state index contributed by atoms with van der Waals surface area (Å²) in [7, 11) is 1.41. The minimum atomic E-state index is -0.508. The number of nitrogen functional groups attached to an aromatic ring is 1. The summed E-state index contributed by atoms with van der Waals surface area (Å²) >= 11 is 3.03. The highest BCUT2D eigenvalue weighted by Gasteiger charge is 2.15. The Labute approximate surface area is 82.8 Å². The van der Waals surface area contributed by atoms with Gasteiger partial charge in [-0.2, -0.15) is 0 Å². The van der Waals surface area contributed by atoms with Crippen LogP contribution in [0.15, 0.2) is 16.6 Å². The molecule has 2 N–H and O–H groups in total. The molecule has 0 aliphatic heterocycles. The summed E-state index contributed by atoms with van der Waals surface area (Å²) in [6.07, 6.45) is 0. The second kappa shape index (κ2) is 3.61. The van der Waals surface area contributed by atoms with Crippen LogP contribution in [0.3, 0.4) is 0 Å². The highest BCUT2D eigenvalue weighted by Crippen LogP contribution is 2.33. The lowest BCUT2D eigenvalue weighted by atomic mass is 10.2. The number of rotatable bonds is 2. The van der Waals surface area contributed by atoms with Gasteiger partial charge in [-0.1, -0.05) is 0 Å². The van der Waals surface area contributed by atoms with E-state index in [9.17, 15) is 10.1 Å². The first kappa shape index (κ1) is 9.79. The zero-order valence-corrected chi connectivity index (χ0v) is 8.37. The van der Waals surface area contributed by atoms with Gasteiger partial charge in [-0.3, -0.25) is 10.1 Å². The minimum absolute atomic E-state index is 0.0638. The Balaban J connectivity index is 3.30. The highest BCUT2D eigenvalue weighted by molar-refractivity contribution is 9.10. The van der Waals surface area contributed by atoms with E-state index in [2.05, 4.69) is 15.9 Å². The normalized spacial score (nSPS) is 9.69. The van der Waals surface area contributed by atoms with Crippen LogP contribution in [0.5, 0.6) is 5.75 Å². The second-order valence-electron chi connectivity index (χ2n) is 2.30. The van der Waals surface area contributed by atoms with Crippen molar-refractivity contribution in [3.63, 3.8) is 0 Å². The Hall–Kier alpha value is -1.30. The fourth-order valence-corrected chi connectivity index (χ4v) is 1.38. The molecule has 0 bridgehead atoms. The summed E-state index contributed by atoms with van der Waals surface area (Å²) in [5.74, 6) is 0.301. The van der Waals surface area contributed by atoms with Crippen molar-refractivity contribution in [1.29, 1.82) is 0 Å². The van der Waals surface area contributed by atoms with Crippen molar-refractivity contribution in [1.82, 2.24) is 0 Å². The molecule has 0 aromatic heterocycles. The maximum Gasteiger partial charge on any atom is 0.287 e. The number of halogens is 1. The molecular formula is C7H7BrN2O3. The van der Waals surface area contributed by atoms with Crippen molar-refractivity contribution in [2.75, 3.05) is 12.8 Å². The van der Waals surface area contributed by atoms with Crippen LogP contribution >= 0.6 is 15.9 Å². The maximum atomic E-state index is 10.5. The molecule has 0 saturated carbocycles. The molecule has 70 valence electrons. The molecule has 5 nitrogen and oxygen atoms in total. The third-order valence-corrected chi connectivity index (χ3v) is 2.13. The monoisotopic (exact) mass is 246 g/mol. The molecule has 13 heavy (non-hydrogen) atoms. The van der Waals surface area contributed by atoms with E-state index in [0.29, 0.717) is 15.9 Å². The Bertz CT molecular complexity index is 354. The second-order valence-corrected chi connectivity index (χ2v) is 3.16. The number of anilines is 1. The van der Waals surface area contributed by atoms with Crippen molar-refractivity contribution >= 4 is 27.3 Å². The van der Waals surface area contributed by atoms with Crippen molar-refractivity contribution < 1.29 is 9.66 Å². The van der Waals surface area contributed by atoms with Gasteiger partial charge >= 0.3 is 0 Å². The summed E-state index contributed by atoms with van der Waals surface area (Å²) in [6, 6.07) is 2.72. The molecule has 6 heteroatoms. The Kier molecular flexibility index (Phi) is 2.72. The predicted molar refractivity (Wildman–Crippen MR) is 51.8 cm³/mol. The van der Waals surface area contributed by atoms with Gasteiger partial charge in [0.15, 0.2) is 0 Å². The van der Waals surface area contributed by atoms with E-state index in [4.69, 9.17) is 10.5 Å². The molecule has 0 amide bonds. The van der Waals surface area contributed by atoms with Gasteiger partial charge in [0.05, 0.1) is 28.3 Å². The van der Waals surface area contributed by atoms with Crippen molar-refractivity contribution in [3.8, 4) is 5.75 Å². The molecule has 0 saturated heterocycles. The van der Waals surface area contributed by atoms with Gasteiger partial charge in [0.25, 0.3) is 5.69 Å². The molecule has 0 radical (unpaired) electrons. The lowest BCUT2D eigenvalue weighted by Gasteiger charge is -2.04. The summed E-state index contributed by atoms with van der Waals surface area (Å²) in [5.41, 5.74) is 5.82. The van der Waals surface area contributed by atoms with Crippen LogP contribution in [0.2, 0.25) is 0 Å². The van der Waals surface area contributed by atoms with Crippen molar-refractivity contribution in [2.45, 2.75) is 0 Å². The quantitative estimate of drug-likeness (QED) is 0.492. The molecule has 0 unspecified atom stereocenters. The number of nitro groups is 1. The Morgan fingerprint density at radius 2 is 2.23 bits per heavy atom. The van der Waals surface area contributed by atoms with Gasteiger partial charge in [0, 0.05) is 0 Å². The molecule has 1 aromatic rings. The van der Waals surface area contributed by atoms with E-state index in [0.717, 1.165) is 0 Å². The fraction of sp³-hybridized carbons (Fsp3) is 0.143. The van der Waals surface area contributed by atoms with Gasteiger partial charge < -0.3 is 10.5 Å². The van der Waals surface area contributed by atoms with Crippen LogP contribution in [0.4, 0.5) is 11.4 Å². The first-order valence-electron chi connectivity index (χ1n) is 3.33. The van der Waals surface area contributed by atoms with Crippen LogP contribution in [-0.2, 0) is 0 Å². The number of hydrogen-bond acceptors (Lipinski definition) is 4. The lowest BCUT2D eigenvalue weighted by Crippen LogP contribution is -1.96. The summed E-state index contributed by atoms with van der Waals surface area (Å²) < 4.78 is 5.18. The largest absolute Gasteiger partial charge is 0.494 e. The van der Waals surface area contributed by atoms with E-state index in [1.165, 1.54) is 19.2 Å². The Morgan fingerprint density at radius 1 is 1.62 bits per heavy atom. The zero-order valence-electron chi connectivity index (χ0n) is 6.78. The summed E-state index contributed by atoms with van der Waals surface area (Å²) in [6.45, 7) is 0. The number of ether oxygens (including phenoxy) is 1. The molecule has 1 aromatic carbocycles. The SMILES string of the molecule is COc1cc([N+](=O)[O-])c(Br)cc1N. The van der Waals surface area contributed by atoms with Crippen LogP contribution in [0.1, 0.15) is 0 Å².